The van der Waals surface area contributed by atoms with E-state index in [9.17, 15) is 4.79 Å². The van der Waals surface area contributed by atoms with Crippen LogP contribution >= 0.6 is 0 Å². The Balaban J connectivity index is 1.81. The zero-order valence-electron chi connectivity index (χ0n) is 14.8. The number of para-hydroxylation sites is 1. The number of hydrogen-bond acceptors (Lipinski definition) is 3. The topological polar surface area (TPSA) is 47.6 Å². The van der Waals surface area contributed by atoms with Crippen LogP contribution in [0.2, 0.25) is 0 Å². The number of amides is 1. The number of benzene rings is 2. The largest absolute Gasteiger partial charge is 0.491 e. The third-order valence-electron chi connectivity index (χ3n) is 3.54. The molecule has 0 aliphatic heterocycles. The first-order chi connectivity index (χ1) is 11.5. The molecule has 0 unspecified atom stereocenters. The Labute approximate surface area is 143 Å². The van der Waals surface area contributed by atoms with Gasteiger partial charge in [0.15, 0.2) is 6.61 Å². The first-order valence-corrected chi connectivity index (χ1v) is 8.17. The maximum Gasteiger partial charge on any atom is 0.258 e. The van der Waals surface area contributed by atoms with Crippen molar-refractivity contribution in [3.8, 4) is 11.5 Å². The van der Waals surface area contributed by atoms with E-state index in [1.165, 1.54) is 0 Å². The Bertz CT molecular complexity index is 658. The molecule has 0 atom stereocenters. The highest BCUT2D eigenvalue weighted by atomic mass is 16.5. The van der Waals surface area contributed by atoms with Crippen molar-refractivity contribution in [2.24, 2.45) is 0 Å². The lowest BCUT2D eigenvalue weighted by atomic mass is 10.1. The van der Waals surface area contributed by atoms with E-state index in [1.54, 1.807) is 0 Å². The average Bonchev–Trinajstić information content (AvgIpc) is 2.53. The van der Waals surface area contributed by atoms with Gasteiger partial charge in [0.25, 0.3) is 5.91 Å². The molecule has 0 spiro atoms. The molecule has 0 bridgehead atoms. The van der Waals surface area contributed by atoms with E-state index in [1.807, 2.05) is 70.2 Å². The van der Waals surface area contributed by atoms with Crippen LogP contribution in [-0.4, -0.2) is 18.6 Å². The zero-order chi connectivity index (χ0) is 17.5. The van der Waals surface area contributed by atoms with Crippen LogP contribution in [0.15, 0.2) is 42.5 Å². The standard InChI is InChI=1S/C20H25NO3/c1-14(2)24-18-10-8-17(9-11-18)12-21-19(22)13-23-20-15(3)6-5-7-16(20)4/h5-11,14H,12-13H2,1-4H3,(H,21,22). The molecule has 2 rings (SSSR count). The number of ether oxygens (including phenoxy) is 2. The van der Waals surface area contributed by atoms with E-state index < -0.39 is 0 Å². The molecule has 4 heteroatoms. The van der Waals surface area contributed by atoms with Crippen LogP contribution in [-0.2, 0) is 11.3 Å². The maximum absolute atomic E-state index is 12.0. The van der Waals surface area contributed by atoms with Gasteiger partial charge in [-0.3, -0.25) is 4.79 Å². The quantitative estimate of drug-likeness (QED) is 0.842. The summed E-state index contributed by atoms with van der Waals surface area (Å²) in [6.07, 6.45) is 0.151. The second-order valence-corrected chi connectivity index (χ2v) is 6.10. The fourth-order valence-electron chi connectivity index (χ4n) is 2.37. The fourth-order valence-corrected chi connectivity index (χ4v) is 2.37. The fraction of sp³-hybridized carbons (Fsp3) is 0.350. The van der Waals surface area contributed by atoms with E-state index >= 15 is 0 Å². The van der Waals surface area contributed by atoms with Crippen LogP contribution in [0.5, 0.6) is 11.5 Å². The highest BCUT2D eigenvalue weighted by molar-refractivity contribution is 5.77. The highest BCUT2D eigenvalue weighted by Crippen LogP contribution is 2.22. The van der Waals surface area contributed by atoms with Crippen LogP contribution < -0.4 is 14.8 Å². The zero-order valence-corrected chi connectivity index (χ0v) is 14.8. The number of hydrogen-bond donors (Lipinski definition) is 1. The molecular formula is C20H25NO3. The van der Waals surface area contributed by atoms with Gasteiger partial charge in [-0.2, -0.15) is 0 Å². The molecule has 0 aliphatic carbocycles. The summed E-state index contributed by atoms with van der Waals surface area (Å²) >= 11 is 0. The van der Waals surface area contributed by atoms with Gasteiger partial charge in [0, 0.05) is 6.54 Å². The van der Waals surface area contributed by atoms with Crippen molar-refractivity contribution in [3.63, 3.8) is 0 Å². The van der Waals surface area contributed by atoms with Gasteiger partial charge in [-0.05, 0) is 56.5 Å². The van der Waals surface area contributed by atoms with Gasteiger partial charge in [0.2, 0.25) is 0 Å². The molecule has 0 aliphatic rings. The molecule has 0 saturated heterocycles. The lowest BCUT2D eigenvalue weighted by Gasteiger charge is -2.12. The number of aryl methyl sites for hydroxylation is 2. The summed E-state index contributed by atoms with van der Waals surface area (Å²) < 4.78 is 11.2. The van der Waals surface area contributed by atoms with E-state index in [-0.39, 0.29) is 18.6 Å². The number of rotatable bonds is 7. The maximum atomic E-state index is 12.0. The van der Waals surface area contributed by atoms with Gasteiger partial charge in [0.1, 0.15) is 11.5 Å². The SMILES string of the molecule is Cc1cccc(C)c1OCC(=O)NCc1ccc(OC(C)C)cc1. The van der Waals surface area contributed by atoms with Gasteiger partial charge in [-0.25, -0.2) is 0 Å². The van der Waals surface area contributed by atoms with Crippen molar-refractivity contribution in [1.29, 1.82) is 0 Å². The predicted molar refractivity (Wildman–Crippen MR) is 95.5 cm³/mol. The highest BCUT2D eigenvalue weighted by Gasteiger charge is 2.07. The second-order valence-electron chi connectivity index (χ2n) is 6.10. The summed E-state index contributed by atoms with van der Waals surface area (Å²) in [5.74, 6) is 1.47. The Morgan fingerprint density at radius 2 is 1.67 bits per heavy atom. The van der Waals surface area contributed by atoms with Gasteiger partial charge in [-0.15, -0.1) is 0 Å². The second kappa shape index (κ2) is 8.39. The smallest absolute Gasteiger partial charge is 0.258 e. The molecule has 0 radical (unpaired) electrons. The third-order valence-corrected chi connectivity index (χ3v) is 3.54. The molecule has 128 valence electrons. The molecule has 2 aromatic carbocycles. The van der Waals surface area contributed by atoms with Gasteiger partial charge < -0.3 is 14.8 Å². The molecule has 0 heterocycles. The van der Waals surface area contributed by atoms with Crippen LogP contribution in [0.25, 0.3) is 0 Å². The normalized spacial score (nSPS) is 10.5. The van der Waals surface area contributed by atoms with Crippen LogP contribution in [0.4, 0.5) is 0 Å². The number of carbonyl (C=O) groups is 1. The van der Waals surface area contributed by atoms with Crippen molar-refractivity contribution < 1.29 is 14.3 Å². The van der Waals surface area contributed by atoms with Crippen LogP contribution in [0.1, 0.15) is 30.5 Å². The van der Waals surface area contributed by atoms with Crippen LogP contribution in [0.3, 0.4) is 0 Å². The molecule has 1 N–H and O–H groups in total. The molecule has 0 aromatic heterocycles. The molecule has 4 nitrogen and oxygen atoms in total. The Morgan fingerprint density at radius 3 is 2.25 bits per heavy atom. The minimum atomic E-state index is -0.139. The Morgan fingerprint density at radius 1 is 1.04 bits per heavy atom. The summed E-state index contributed by atoms with van der Waals surface area (Å²) in [6, 6.07) is 13.6. The summed E-state index contributed by atoms with van der Waals surface area (Å²) in [6.45, 7) is 8.41. The summed E-state index contributed by atoms with van der Waals surface area (Å²) in [5, 5.41) is 2.86. The van der Waals surface area contributed by atoms with E-state index in [0.717, 1.165) is 28.2 Å². The monoisotopic (exact) mass is 327 g/mol. The summed E-state index contributed by atoms with van der Waals surface area (Å²) in [5.41, 5.74) is 3.08. The van der Waals surface area contributed by atoms with E-state index in [2.05, 4.69) is 5.32 Å². The van der Waals surface area contributed by atoms with Crippen molar-refractivity contribution in [3.05, 3.63) is 59.2 Å². The predicted octanol–water partition coefficient (Wildman–Crippen LogP) is 3.79. The minimum absolute atomic E-state index is 0.0141. The molecule has 0 fully saturated rings. The molecule has 2 aromatic rings. The van der Waals surface area contributed by atoms with Gasteiger partial charge >= 0.3 is 0 Å². The van der Waals surface area contributed by atoms with Crippen molar-refractivity contribution in [2.45, 2.75) is 40.3 Å². The molecule has 1 amide bonds. The lowest BCUT2D eigenvalue weighted by molar-refractivity contribution is -0.123. The molecular weight excluding hydrogens is 302 g/mol. The first-order valence-electron chi connectivity index (χ1n) is 8.17. The lowest BCUT2D eigenvalue weighted by Crippen LogP contribution is -2.28. The summed E-state index contributed by atoms with van der Waals surface area (Å²) in [4.78, 5) is 12.0. The first kappa shape index (κ1) is 17.9. The number of carbonyl (C=O) groups excluding carboxylic acids is 1. The molecule has 24 heavy (non-hydrogen) atoms. The van der Waals surface area contributed by atoms with E-state index in [0.29, 0.717) is 6.54 Å². The van der Waals surface area contributed by atoms with Crippen molar-refractivity contribution in [1.82, 2.24) is 5.32 Å². The van der Waals surface area contributed by atoms with Crippen molar-refractivity contribution in [2.75, 3.05) is 6.61 Å². The minimum Gasteiger partial charge on any atom is -0.491 e. The average molecular weight is 327 g/mol. The van der Waals surface area contributed by atoms with Crippen LogP contribution in [0, 0.1) is 13.8 Å². The third kappa shape index (κ3) is 5.30. The van der Waals surface area contributed by atoms with Crippen molar-refractivity contribution >= 4 is 5.91 Å². The Kier molecular flexibility index (Phi) is 6.24. The number of nitrogens with one attached hydrogen (secondary N) is 1. The van der Waals surface area contributed by atoms with E-state index in [4.69, 9.17) is 9.47 Å². The van der Waals surface area contributed by atoms with Gasteiger partial charge in [-0.1, -0.05) is 30.3 Å². The molecule has 0 saturated carbocycles. The Hall–Kier alpha value is -2.49. The van der Waals surface area contributed by atoms with Gasteiger partial charge in [0.05, 0.1) is 6.10 Å². The summed E-state index contributed by atoms with van der Waals surface area (Å²) in [7, 11) is 0.